The molecule has 2 aromatic rings. The fourth-order valence-corrected chi connectivity index (χ4v) is 1.51. The highest BCUT2D eigenvalue weighted by atomic mass is 16.5. The minimum atomic E-state index is -0.968. The second-order valence-corrected chi connectivity index (χ2v) is 4.00. The van der Waals surface area contributed by atoms with Gasteiger partial charge in [0.2, 0.25) is 0 Å². The van der Waals surface area contributed by atoms with Gasteiger partial charge in [-0.25, -0.2) is 9.78 Å². The van der Waals surface area contributed by atoms with E-state index in [0.717, 1.165) is 16.9 Å². The van der Waals surface area contributed by atoms with Crippen molar-refractivity contribution in [1.82, 2.24) is 9.38 Å². The summed E-state index contributed by atoms with van der Waals surface area (Å²) in [6, 6.07) is 3.90. The van der Waals surface area contributed by atoms with Crippen LogP contribution in [0.5, 0.6) is 0 Å². The Balaban J connectivity index is 2.12. The molecule has 0 aliphatic heterocycles. The van der Waals surface area contributed by atoms with Crippen molar-refractivity contribution in [1.29, 1.82) is 0 Å². The second kappa shape index (κ2) is 4.55. The predicted molar refractivity (Wildman–Crippen MR) is 61.8 cm³/mol. The first kappa shape index (κ1) is 11.6. The maximum atomic E-state index is 10.6. The molecule has 2 rings (SSSR count). The molecule has 2 aromatic heterocycles. The van der Waals surface area contributed by atoms with Gasteiger partial charge in [0.05, 0.1) is 12.3 Å². The molecule has 1 atom stereocenters. The summed E-state index contributed by atoms with van der Waals surface area (Å²) in [6.07, 6.45) is 2.99. The number of hydrogen-bond acceptors (Lipinski definition) is 3. The van der Waals surface area contributed by atoms with Gasteiger partial charge >= 0.3 is 5.97 Å². The number of fused-ring (bicyclic) bond motifs is 1. The third-order valence-electron chi connectivity index (χ3n) is 2.48. The van der Waals surface area contributed by atoms with E-state index in [-0.39, 0.29) is 6.61 Å². The molecule has 90 valence electrons. The smallest absolute Gasteiger partial charge is 0.332 e. The number of aromatic nitrogens is 2. The lowest BCUT2D eigenvalue weighted by atomic mass is 10.3. The molecule has 0 amide bonds. The quantitative estimate of drug-likeness (QED) is 0.873. The van der Waals surface area contributed by atoms with Crippen LogP contribution in [0.3, 0.4) is 0 Å². The van der Waals surface area contributed by atoms with Crippen LogP contribution >= 0.6 is 0 Å². The van der Waals surface area contributed by atoms with Crippen LogP contribution in [0.15, 0.2) is 24.5 Å². The molecule has 0 unspecified atom stereocenters. The Labute approximate surface area is 98.7 Å². The standard InChI is InChI=1S/C12H14N2O3/c1-8-3-4-11-13-10(6-14(11)5-8)7-17-9(2)12(15)16/h3-6,9H,7H2,1-2H3,(H,15,16)/t9-/m0/s1. The molecule has 0 saturated heterocycles. The van der Waals surface area contributed by atoms with Crippen molar-refractivity contribution < 1.29 is 14.6 Å². The molecule has 0 fully saturated rings. The first-order valence-electron chi connectivity index (χ1n) is 5.35. The van der Waals surface area contributed by atoms with Crippen LogP contribution in [-0.4, -0.2) is 26.6 Å². The lowest BCUT2D eigenvalue weighted by Crippen LogP contribution is -2.19. The van der Waals surface area contributed by atoms with Crippen LogP contribution in [0.4, 0.5) is 0 Å². The summed E-state index contributed by atoms with van der Waals surface area (Å²) in [6.45, 7) is 3.71. The van der Waals surface area contributed by atoms with E-state index < -0.39 is 12.1 Å². The van der Waals surface area contributed by atoms with Gasteiger partial charge in [-0.1, -0.05) is 6.07 Å². The summed E-state index contributed by atoms with van der Waals surface area (Å²) < 4.78 is 7.08. The lowest BCUT2D eigenvalue weighted by molar-refractivity contribution is -0.149. The van der Waals surface area contributed by atoms with Crippen molar-refractivity contribution in [3.63, 3.8) is 0 Å². The highest BCUT2D eigenvalue weighted by Crippen LogP contribution is 2.09. The summed E-state index contributed by atoms with van der Waals surface area (Å²) in [5.74, 6) is -0.968. The maximum Gasteiger partial charge on any atom is 0.332 e. The average molecular weight is 234 g/mol. The largest absolute Gasteiger partial charge is 0.479 e. The number of imidazole rings is 1. The minimum absolute atomic E-state index is 0.203. The molecule has 5 nitrogen and oxygen atoms in total. The third kappa shape index (κ3) is 2.62. The number of pyridine rings is 1. The normalized spacial score (nSPS) is 12.8. The van der Waals surface area contributed by atoms with Crippen LogP contribution in [-0.2, 0) is 16.1 Å². The highest BCUT2D eigenvalue weighted by molar-refractivity contribution is 5.71. The summed E-state index contributed by atoms with van der Waals surface area (Å²) in [4.78, 5) is 14.9. The molecule has 0 spiro atoms. The fourth-order valence-electron chi connectivity index (χ4n) is 1.51. The van der Waals surface area contributed by atoms with E-state index >= 15 is 0 Å². The van der Waals surface area contributed by atoms with E-state index in [0.29, 0.717) is 0 Å². The third-order valence-corrected chi connectivity index (χ3v) is 2.48. The second-order valence-electron chi connectivity index (χ2n) is 4.00. The Morgan fingerprint density at radius 2 is 2.29 bits per heavy atom. The van der Waals surface area contributed by atoms with E-state index in [1.165, 1.54) is 6.92 Å². The van der Waals surface area contributed by atoms with Gasteiger partial charge in [0.1, 0.15) is 5.65 Å². The molecular formula is C12H14N2O3. The highest BCUT2D eigenvalue weighted by Gasteiger charge is 2.12. The molecule has 0 bridgehead atoms. The van der Waals surface area contributed by atoms with Gasteiger partial charge < -0.3 is 14.2 Å². The molecule has 0 aromatic carbocycles. The van der Waals surface area contributed by atoms with E-state index in [4.69, 9.17) is 9.84 Å². The Kier molecular flexibility index (Phi) is 3.10. The van der Waals surface area contributed by atoms with Gasteiger partial charge in [0.15, 0.2) is 6.10 Å². The van der Waals surface area contributed by atoms with E-state index in [1.807, 2.05) is 35.9 Å². The van der Waals surface area contributed by atoms with Crippen molar-refractivity contribution in [2.45, 2.75) is 26.6 Å². The SMILES string of the molecule is Cc1ccc2nc(CO[C@@H](C)C(=O)O)cn2c1. The number of aryl methyl sites for hydroxylation is 1. The topological polar surface area (TPSA) is 63.8 Å². The molecule has 5 heteroatoms. The van der Waals surface area contributed by atoms with Crippen LogP contribution in [0.1, 0.15) is 18.2 Å². The molecule has 0 saturated carbocycles. The summed E-state index contributed by atoms with van der Waals surface area (Å²) in [7, 11) is 0. The van der Waals surface area contributed by atoms with Gasteiger partial charge in [-0.2, -0.15) is 0 Å². The first-order valence-corrected chi connectivity index (χ1v) is 5.35. The molecule has 1 N–H and O–H groups in total. The summed E-state index contributed by atoms with van der Waals surface area (Å²) >= 11 is 0. The fraction of sp³-hybridized carbons (Fsp3) is 0.333. The molecular weight excluding hydrogens is 220 g/mol. The minimum Gasteiger partial charge on any atom is -0.479 e. The van der Waals surface area contributed by atoms with Crippen LogP contribution in [0.25, 0.3) is 5.65 Å². The van der Waals surface area contributed by atoms with Gasteiger partial charge in [0.25, 0.3) is 0 Å². The van der Waals surface area contributed by atoms with Crippen molar-refractivity contribution in [2.24, 2.45) is 0 Å². The van der Waals surface area contributed by atoms with Crippen molar-refractivity contribution in [2.75, 3.05) is 0 Å². The number of aliphatic carboxylic acids is 1. The van der Waals surface area contributed by atoms with Crippen molar-refractivity contribution in [3.05, 3.63) is 35.8 Å². The van der Waals surface area contributed by atoms with Crippen molar-refractivity contribution in [3.8, 4) is 0 Å². The Bertz CT molecular complexity index is 548. The van der Waals surface area contributed by atoms with Crippen LogP contribution < -0.4 is 0 Å². The van der Waals surface area contributed by atoms with Gasteiger partial charge in [0, 0.05) is 12.4 Å². The van der Waals surface area contributed by atoms with E-state index in [1.54, 1.807) is 0 Å². The number of ether oxygens (including phenoxy) is 1. The van der Waals surface area contributed by atoms with Gasteiger partial charge in [-0.3, -0.25) is 0 Å². The maximum absolute atomic E-state index is 10.6. The Hall–Kier alpha value is -1.88. The monoisotopic (exact) mass is 234 g/mol. The average Bonchev–Trinajstić information content (AvgIpc) is 2.67. The number of carboxylic acids is 1. The van der Waals surface area contributed by atoms with Crippen molar-refractivity contribution >= 4 is 11.6 Å². The predicted octanol–water partition coefficient (Wildman–Crippen LogP) is 1.63. The zero-order valence-corrected chi connectivity index (χ0v) is 9.75. The Morgan fingerprint density at radius 1 is 1.53 bits per heavy atom. The molecule has 0 radical (unpaired) electrons. The van der Waals surface area contributed by atoms with Gasteiger partial charge in [-0.15, -0.1) is 0 Å². The van der Waals surface area contributed by atoms with Crippen LogP contribution in [0.2, 0.25) is 0 Å². The molecule has 17 heavy (non-hydrogen) atoms. The zero-order valence-electron chi connectivity index (χ0n) is 9.75. The Morgan fingerprint density at radius 3 is 3.00 bits per heavy atom. The summed E-state index contributed by atoms with van der Waals surface area (Å²) in [5, 5.41) is 8.69. The van der Waals surface area contributed by atoms with E-state index in [9.17, 15) is 4.79 Å². The molecule has 0 aliphatic rings. The lowest BCUT2D eigenvalue weighted by Gasteiger charge is -2.05. The number of hydrogen-bond donors (Lipinski definition) is 1. The molecule has 2 heterocycles. The van der Waals surface area contributed by atoms with E-state index in [2.05, 4.69) is 4.98 Å². The number of rotatable bonds is 4. The number of nitrogens with zero attached hydrogens (tertiary/aromatic N) is 2. The number of carboxylic acid groups (broad SMARTS) is 1. The summed E-state index contributed by atoms with van der Waals surface area (Å²) in [5.41, 5.74) is 2.70. The zero-order chi connectivity index (χ0) is 12.4. The van der Waals surface area contributed by atoms with Crippen LogP contribution in [0, 0.1) is 6.92 Å². The van der Waals surface area contributed by atoms with Gasteiger partial charge in [-0.05, 0) is 25.5 Å². The number of carbonyl (C=O) groups is 1. The first-order chi connectivity index (χ1) is 8.06. The molecule has 0 aliphatic carbocycles.